The molecule has 0 atom stereocenters. The molecule has 0 saturated heterocycles. The summed E-state index contributed by atoms with van der Waals surface area (Å²) < 4.78 is 11.7. The minimum Gasteiger partial charge on any atom is -0.488 e. The highest BCUT2D eigenvalue weighted by Crippen LogP contribution is 2.41. The number of aromatic nitrogens is 1. The highest BCUT2D eigenvalue weighted by atomic mass is 32.1. The van der Waals surface area contributed by atoms with Crippen molar-refractivity contribution in [2.75, 3.05) is 18.5 Å². The molecular weight excluding hydrogens is 314 g/mol. The van der Waals surface area contributed by atoms with E-state index in [1.807, 2.05) is 12.1 Å². The highest BCUT2D eigenvalue weighted by molar-refractivity contribution is 7.13. The minimum atomic E-state index is -0.292. The number of benzene rings is 1. The maximum Gasteiger partial charge on any atom is 0.321 e. The number of urea groups is 1. The normalized spacial score (nSPS) is 14.7. The molecule has 1 aliphatic rings. The van der Waals surface area contributed by atoms with E-state index in [9.17, 15) is 4.79 Å². The van der Waals surface area contributed by atoms with Crippen LogP contribution in [0.5, 0.6) is 11.5 Å². The zero-order valence-electron chi connectivity index (χ0n) is 13.1. The van der Waals surface area contributed by atoms with Gasteiger partial charge in [-0.25, -0.2) is 9.78 Å². The number of ether oxygens (including phenoxy) is 2. The number of carbonyl (C=O) groups excluding carboxylic acids is 1. The molecule has 2 heterocycles. The number of anilines is 1. The third kappa shape index (κ3) is 3.92. The molecule has 0 saturated carbocycles. The van der Waals surface area contributed by atoms with Crippen molar-refractivity contribution in [3.63, 3.8) is 0 Å². The summed E-state index contributed by atoms with van der Waals surface area (Å²) in [6.45, 7) is 4.87. The van der Waals surface area contributed by atoms with Gasteiger partial charge in [0.1, 0.15) is 12.2 Å². The predicted molar refractivity (Wildman–Crippen MR) is 89.5 cm³/mol. The van der Waals surface area contributed by atoms with Gasteiger partial charge in [0.15, 0.2) is 16.6 Å². The van der Waals surface area contributed by atoms with E-state index < -0.39 is 0 Å². The number of fused-ring (bicyclic) bond motifs is 1. The van der Waals surface area contributed by atoms with Gasteiger partial charge >= 0.3 is 6.03 Å². The van der Waals surface area contributed by atoms with Gasteiger partial charge in [0.05, 0.1) is 6.54 Å². The lowest BCUT2D eigenvalue weighted by molar-refractivity contribution is 0.132. The van der Waals surface area contributed by atoms with Gasteiger partial charge in [0.2, 0.25) is 0 Å². The van der Waals surface area contributed by atoms with E-state index in [1.165, 1.54) is 11.3 Å². The molecule has 7 heteroatoms. The van der Waals surface area contributed by atoms with Gasteiger partial charge in [-0.3, -0.25) is 5.32 Å². The molecule has 6 nitrogen and oxygen atoms in total. The Bertz CT molecular complexity index is 686. The summed E-state index contributed by atoms with van der Waals surface area (Å²) in [4.78, 5) is 15.6. The van der Waals surface area contributed by atoms with Crippen molar-refractivity contribution < 1.29 is 14.3 Å². The molecule has 122 valence electrons. The molecule has 0 spiro atoms. The zero-order chi connectivity index (χ0) is 16.3. The van der Waals surface area contributed by atoms with Crippen LogP contribution >= 0.6 is 11.3 Å². The van der Waals surface area contributed by atoms with E-state index in [1.54, 1.807) is 11.6 Å². The second kappa shape index (κ2) is 6.45. The Morgan fingerprint density at radius 3 is 3.13 bits per heavy atom. The van der Waals surface area contributed by atoms with Crippen molar-refractivity contribution >= 4 is 22.5 Å². The number of nitrogens with zero attached hydrogens (tertiary/aromatic N) is 1. The van der Waals surface area contributed by atoms with Gasteiger partial charge in [-0.2, -0.15) is 0 Å². The zero-order valence-corrected chi connectivity index (χ0v) is 13.9. The molecule has 1 aromatic carbocycles. The maximum absolute atomic E-state index is 11.7. The van der Waals surface area contributed by atoms with E-state index in [2.05, 4.69) is 35.5 Å². The van der Waals surface area contributed by atoms with Crippen molar-refractivity contribution in [3.8, 4) is 11.5 Å². The summed E-state index contributed by atoms with van der Waals surface area (Å²) in [7, 11) is 0. The number of hydrogen-bond acceptors (Lipinski definition) is 5. The van der Waals surface area contributed by atoms with Crippen LogP contribution in [0, 0.1) is 0 Å². The predicted octanol–water partition coefficient (Wildman–Crippen LogP) is 3.06. The summed E-state index contributed by atoms with van der Waals surface area (Å²) in [6, 6.07) is 5.60. The average molecular weight is 333 g/mol. The standard InChI is InChI=1S/C16H19N3O3S/c1-16(2)10-11-4-3-5-12(13(11)22-16)21-8-6-17-14(20)19-15-18-7-9-23-15/h3-5,7,9H,6,8,10H2,1-2H3,(H2,17,18,19,20). The van der Waals surface area contributed by atoms with Crippen LogP contribution in [0.15, 0.2) is 29.8 Å². The third-order valence-electron chi connectivity index (χ3n) is 3.35. The van der Waals surface area contributed by atoms with Crippen molar-refractivity contribution in [1.82, 2.24) is 10.3 Å². The van der Waals surface area contributed by atoms with Gasteiger partial charge in [-0.1, -0.05) is 12.1 Å². The Morgan fingerprint density at radius 1 is 1.48 bits per heavy atom. The van der Waals surface area contributed by atoms with Crippen LogP contribution in [0.1, 0.15) is 19.4 Å². The summed E-state index contributed by atoms with van der Waals surface area (Å²) in [5.74, 6) is 1.53. The Kier molecular flexibility index (Phi) is 4.38. The van der Waals surface area contributed by atoms with Crippen LogP contribution < -0.4 is 20.1 Å². The van der Waals surface area contributed by atoms with Crippen molar-refractivity contribution in [1.29, 1.82) is 0 Å². The molecule has 0 unspecified atom stereocenters. The molecule has 2 amide bonds. The highest BCUT2D eigenvalue weighted by Gasteiger charge is 2.32. The number of nitrogens with one attached hydrogen (secondary N) is 2. The van der Waals surface area contributed by atoms with E-state index in [0.29, 0.717) is 18.3 Å². The van der Waals surface area contributed by atoms with Crippen LogP contribution in [0.25, 0.3) is 0 Å². The topological polar surface area (TPSA) is 72.5 Å². The van der Waals surface area contributed by atoms with Crippen molar-refractivity contribution in [2.45, 2.75) is 25.9 Å². The van der Waals surface area contributed by atoms with Crippen LogP contribution in [0.4, 0.5) is 9.93 Å². The fourth-order valence-corrected chi connectivity index (χ4v) is 2.98. The molecule has 0 fully saturated rings. The van der Waals surface area contributed by atoms with Crippen LogP contribution in [-0.2, 0) is 6.42 Å². The Morgan fingerprint density at radius 2 is 2.35 bits per heavy atom. The minimum absolute atomic E-state index is 0.201. The van der Waals surface area contributed by atoms with Gasteiger partial charge in [0, 0.05) is 23.6 Å². The summed E-state index contributed by atoms with van der Waals surface area (Å²) in [5, 5.41) is 7.75. The molecule has 2 aromatic rings. The lowest BCUT2D eigenvalue weighted by Gasteiger charge is -2.18. The average Bonchev–Trinajstić information content (AvgIpc) is 3.09. The van der Waals surface area contributed by atoms with Gasteiger partial charge in [-0.05, 0) is 19.9 Å². The Balaban J connectivity index is 1.47. The first-order chi connectivity index (χ1) is 11.0. The van der Waals surface area contributed by atoms with Crippen molar-refractivity contribution in [3.05, 3.63) is 35.3 Å². The van der Waals surface area contributed by atoms with Gasteiger partial charge in [0.25, 0.3) is 0 Å². The van der Waals surface area contributed by atoms with Crippen LogP contribution in [0.3, 0.4) is 0 Å². The van der Waals surface area contributed by atoms with E-state index in [-0.39, 0.29) is 11.6 Å². The molecule has 2 N–H and O–H groups in total. The van der Waals surface area contributed by atoms with Gasteiger partial charge in [-0.15, -0.1) is 11.3 Å². The molecule has 0 aliphatic carbocycles. The monoisotopic (exact) mass is 333 g/mol. The van der Waals surface area contributed by atoms with Crippen LogP contribution in [-0.4, -0.2) is 29.8 Å². The number of hydrogen-bond donors (Lipinski definition) is 2. The smallest absolute Gasteiger partial charge is 0.321 e. The lowest BCUT2D eigenvalue weighted by atomic mass is 10.0. The molecule has 1 aromatic heterocycles. The number of rotatable bonds is 5. The Labute approximate surface area is 138 Å². The number of amides is 2. The van der Waals surface area contributed by atoms with Crippen molar-refractivity contribution in [2.24, 2.45) is 0 Å². The summed E-state index contributed by atoms with van der Waals surface area (Å²) in [6.07, 6.45) is 2.51. The first kappa shape index (κ1) is 15.6. The molecule has 0 bridgehead atoms. The molecular formula is C16H19N3O3S. The van der Waals surface area contributed by atoms with E-state index in [4.69, 9.17) is 9.47 Å². The number of carbonyl (C=O) groups is 1. The number of para-hydroxylation sites is 1. The first-order valence-corrected chi connectivity index (χ1v) is 8.29. The fourth-order valence-electron chi connectivity index (χ4n) is 2.45. The van der Waals surface area contributed by atoms with E-state index >= 15 is 0 Å². The summed E-state index contributed by atoms with van der Waals surface area (Å²) >= 11 is 1.37. The molecule has 23 heavy (non-hydrogen) atoms. The third-order valence-corrected chi connectivity index (χ3v) is 4.04. The van der Waals surface area contributed by atoms with Gasteiger partial charge < -0.3 is 14.8 Å². The first-order valence-electron chi connectivity index (χ1n) is 7.41. The number of thiazole rings is 1. The second-order valence-corrected chi connectivity index (χ2v) is 6.74. The lowest BCUT2D eigenvalue weighted by Crippen LogP contribution is -2.32. The van der Waals surface area contributed by atoms with E-state index in [0.717, 1.165) is 23.5 Å². The molecule has 0 radical (unpaired) electrons. The second-order valence-electron chi connectivity index (χ2n) is 5.85. The Hall–Kier alpha value is -2.28. The largest absolute Gasteiger partial charge is 0.488 e. The summed E-state index contributed by atoms with van der Waals surface area (Å²) in [5.41, 5.74) is 0.954. The van der Waals surface area contributed by atoms with Crippen LogP contribution in [0.2, 0.25) is 0 Å². The quantitative estimate of drug-likeness (QED) is 0.825. The SMILES string of the molecule is CC1(C)Cc2cccc(OCCNC(=O)Nc3nccs3)c2O1. The maximum atomic E-state index is 11.7. The molecule has 3 rings (SSSR count). The fraction of sp³-hybridized carbons (Fsp3) is 0.375. The molecule has 1 aliphatic heterocycles.